The summed E-state index contributed by atoms with van der Waals surface area (Å²) in [5.41, 5.74) is 0.771. The summed E-state index contributed by atoms with van der Waals surface area (Å²) in [6, 6.07) is 7.86. The first-order valence-electron chi connectivity index (χ1n) is 7.19. The van der Waals surface area contributed by atoms with Gasteiger partial charge in [-0.1, -0.05) is 31.0 Å². The van der Waals surface area contributed by atoms with Gasteiger partial charge >= 0.3 is 0 Å². The third-order valence-electron chi connectivity index (χ3n) is 4.38. The van der Waals surface area contributed by atoms with Gasteiger partial charge < -0.3 is 14.7 Å². The normalized spacial score (nSPS) is 19.6. The maximum Gasteiger partial charge on any atom is 0.125 e. The van der Waals surface area contributed by atoms with E-state index in [2.05, 4.69) is 19.0 Å². The van der Waals surface area contributed by atoms with E-state index in [0.29, 0.717) is 6.61 Å². The number of hydrogen-bond donors (Lipinski definition) is 1. The van der Waals surface area contributed by atoms with Crippen LogP contribution in [0.4, 0.5) is 0 Å². The van der Waals surface area contributed by atoms with E-state index in [-0.39, 0.29) is 5.54 Å². The van der Waals surface area contributed by atoms with Crippen LogP contribution in [0.3, 0.4) is 0 Å². The Kier molecular flexibility index (Phi) is 4.48. The predicted molar refractivity (Wildman–Crippen MR) is 77.5 cm³/mol. The van der Waals surface area contributed by atoms with Gasteiger partial charge in [0.1, 0.15) is 11.9 Å². The first kappa shape index (κ1) is 14.4. The molecule has 1 unspecified atom stereocenters. The van der Waals surface area contributed by atoms with E-state index in [1.54, 1.807) is 0 Å². The smallest absolute Gasteiger partial charge is 0.125 e. The van der Waals surface area contributed by atoms with Crippen molar-refractivity contribution in [3.8, 4) is 5.75 Å². The molecule has 3 heteroatoms. The van der Waals surface area contributed by atoms with Crippen LogP contribution in [0.25, 0.3) is 0 Å². The van der Waals surface area contributed by atoms with Crippen molar-refractivity contribution in [2.75, 3.05) is 20.7 Å². The molecule has 3 nitrogen and oxygen atoms in total. The maximum absolute atomic E-state index is 10.9. The van der Waals surface area contributed by atoms with Gasteiger partial charge in [-0.15, -0.1) is 0 Å². The molecule has 1 saturated carbocycles. The number of aliphatic hydroxyl groups excluding tert-OH is 1. The Bertz CT molecular complexity index is 411. The van der Waals surface area contributed by atoms with Crippen molar-refractivity contribution in [2.45, 2.75) is 44.2 Å². The van der Waals surface area contributed by atoms with Crippen LogP contribution in [0, 0.1) is 0 Å². The molecule has 0 radical (unpaired) electrons. The Balaban J connectivity index is 2.34. The van der Waals surface area contributed by atoms with Crippen molar-refractivity contribution in [2.24, 2.45) is 0 Å². The molecule has 1 atom stereocenters. The van der Waals surface area contributed by atoms with Gasteiger partial charge in [0.2, 0.25) is 0 Å². The minimum Gasteiger partial charge on any atom is -0.493 e. The Morgan fingerprint density at radius 2 is 1.89 bits per heavy atom. The molecule has 0 amide bonds. The fraction of sp³-hybridized carbons (Fsp3) is 0.625. The predicted octanol–water partition coefficient (Wildman–Crippen LogP) is 2.99. The first-order chi connectivity index (χ1) is 9.12. The van der Waals surface area contributed by atoms with E-state index in [4.69, 9.17) is 4.74 Å². The quantitative estimate of drug-likeness (QED) is 0.886. The van der Waals surface area contributed by atoms with E-state index in [1.165, 1.54) is 12.8 Å². The van der Waals surface area contributed by atoms with Crippen LogP contribution < -0.4 is 4.74 Å². The van der Waals surface area contributed by atoms with Crippen molar-refractivity contribution < 1.29 is 9.84 Å². The Morgan fingerprint density at radius 1 is 1.26 bits per heavy atom. The molecule has 19 heavy (non-hydrogen) atoms. The van der Waals surface area contributed by atoms with E-state index >= 15 is 0 Å². The molecule has 0 aromatic heterocycles. The lowest BCUT2D eigenvalue weighted by atomic mass is 9.84. The van der Waals surface area contributed by atoms with Crippen molar-refractivity contribution in [3.63, 3.8) is 0 Å². The zero-order valence-electron chi connectivity index (χ0n) is 12.2. The van der Waals surface area contributed by atoms with E-state index in [9.17, 15) is 5.11 Å². The highest BCUT2D eigenvalue weighted by molar-refractivity contribution is 5.37. The summed E-state index contributed by atoms with van der Waals surface area (Å²) >= 11 is 0. The molecule has 1 aliphatic rings. The molecule has 1 aliphatic carbocycles. The number of para-hydroxylation sites is 1. The highest BCUT2D eigenvalue weighted by atomic mass is 16.5. The summed E-state index contributed by atoms with van der Waals surface area (Å²) in [5, 5.41) is 10.9. The SMILES string of the molecule is CCOc1ccccc1C(O)C1(N(C)C)CCCC1. The van der Waals surface area contributed by atoms with Crippen LogP contribution in [-0.4, -0.2) is 36.2 Å². The highest BCUT2D eigenvalue weighted by Gasteiger charge is 2.44. The molecule has 1 aromatic carbocycles. The molecule has 1 N–H and O–H groups in total. The molecule has 0 heterocycles. The van der Waals surface area contributed by atoms with Gasteiger partial charge in [0.25, 0.3) is 0 Å². The van der Waals surface area contributed by atoms with Gasteiger partial charge in [-0.25, -0.2) is 0 Å². The number of aliphatic hydroxyl groups is 1. The highest BCUT2D eigenvalue weighted by Crippen LogP contribution is 2.45. The minimum absolute atomic E-state index is 0.146. The molecular weight excluding hydrogens is 238 g/mol. The topological polar surface area (TPSA) is 32.7 Å². The second-order valence-corrected chi connectivity index (χ2v) is 5.58. The molecule has 0 spiro atoms. The Hall–Kier alpha value is -1.06. The molecule has 0 aliphatic heterocycles. The summed E-state index contributed by atoms with van der Waals surface area (Å²) < 4.78 is 5.66. The lowest BCUT2D eigenvalue weighted by Crippen LogP contribution is -2.47. The number of likely N-dealkylation sites (N-methyl/N-ethyl adjacent to an activating group) is 1. The zero-order valence-corrected chi connectivity index (χ0v) is 12.2. The lowest BCUT2D eigenvalue weighted by Gasteiger charge is -2.41. The molecule has 0 saturated heterocycles. The van der Waals surface area contributed by atoms with Gasteiger partial charge in [0.15, 0.2) is 0 Å². The minimum atomic E-state index is -0.493. The second-order valence-electron chi connectivity index (χ2n) is 5.58. The van der Waals surface area contributed by atoms with E-state index < -0.39 is 6.10 Å². The number of benzene rings is 1. The summed E-state index contributed by atoms with van der Waals surface area (Å²) in [4.78, 5) is 2.19. The van der Waals surface area contributed by atoms with Crippen molar-refractivity contribution in [1.82, 2.24) is 4.90 Å². The lowest BCUT2D eigenvalue weighted by molar-refractivity contribution is -0.00620. The van der Waals surface area contributed by atoms with Crippen molar-refractivity contribution >= 4 is 0 Å². The van der Waals surface area contributed by atoms with Gasteiger partial charge in [0.05, 0.1) is 12.1 Å². The molecule has 106 valence electrons. The monoisotopic (exact) mass is 263 g/mol. The molecule has 2 rings (SSSR count). The van der Waals surface area contributed by atoms with Crippen molar-refractivity contribution in [3.05, 3.63) is 29.8 Å². The third kappa shape index (κ3) is 2.63. The molecule has 1 aromatic rings. The summed E-state index contributed by atoms with van der Waals surface area (Å²) in [6.45, 7) is 2.60. The summed E-state index contributed by atoms with van der Waals surface area (Å²) in [7, 11) is 4.13. The van der Waals surface area contributed by atoms with E-state index in [1.807, 2.05) is 31.2 Å². The number of nitrogens with zero attached hydrogens (tertiary/aromatic N) is 1. The van der Waals surface area contributed by atoms with Crippen LogP contribution in [0.1, 0.15) is 44.3 Å². The average molecular weight is 263 g/mol. The van der Waals surface area contributed by atoms with Gasteiger partial charge in [-0.2, -0.15) is 0 Å². The standard InChI is InChI=1S/C16H25NO2/c1-4-19-14-10-6-5-9-13(14)15(18)16(17(2)3)11-7-8-12-16/h5-6,9-10,15,18H,4,7-8,11-12H2,1-3H3. The second kappa shape index (κ2) is 5.93. The van der Waals surface area contributed by atoms with Gasteiger partial charge in [-0.3, -0.25) is 0 Å². The Morgan fingerprint density at radius 3 is 2.47 bits per heavy atom. The number of ether oxygens (including phenoxy) is 1. The van der Waals surface area contributed by atoms with Crippen LogP contribution in [-0.2, 0) is 0 Å². The summed E-state index contributed by atoms with van der Waals surface area (Å²) in [5.74, 6) is 0.811. The fourth-order valence-corrected chi connectivity index (χ4v) is 3.24. The molecule has 1 fully saturated rings. The van der Waals surface area contributed by atoms with Crippen LogP contribution in [0.2, 0.25) is 0 Å². The number of rotatable bonds is 5. The van der Waals surface area contributed by atoms with Crippen LogP contribution >= 0.6 is 0 Å². The van der Waals surface area contributed by atoms with Gasteiger partial charge in [-0.05, 0) is 39.9 Å². The molecule has 0 bridgehead atoms. The largest absolute Gasteiger partial charge is 0.493 e. The van der Waals surface area contributed by atoms with E-state index in [0.717, 1.165) is 24.2 Å². The maximum atomic E-state index is 10.9. The number of hydrogen-bond acceptors (Lipinski definition) is 3. The zero-order chi connectivity index (χ0) is 13.9. The third-order valence-corrected chi connectivity index (χ3v) is 4.38. The summed E-state index contributed by atoms with van der Waals surface area (Å²) in [6.07, 6.45) is 3.97. The van der Waals surface area contributed by atoms with Crippen molar-refractivity contribution in [1.29, 1.82) is 0 Å². The average Bonchev–Trinajstić information content (AvgIpc) is 2.89. The van der Waals surface area contributed by atoms with Crippen LogP contribution in [0.5, 0.6) is 5.75 Å². The molecular formula is C16H25NO2. The first-order valence-corrected chi connectivity index (χ1v) is 7.19. The van der Waals surface area contributed by atoms with Gasteiger partial charge in [0, 0.05) is 5.56 Å². The Labute approximate surface area is 116 Å². The fourth-order valence-electron chi connectivity index (χ4n) is 3.24. The van der Waals surface area contributed by atoms with Crippen LogP contribution in [0.15, 0.2) is 24.3 Å².